The molecule has 0 amide bonds. The zero-order chi connectivity index (χ0) is 13.3. The first-order valence-corrected chi connectivity index (χ1v) is 7.47. The van der Waals surface area contributed by atoms with Crippen LogP contribution in [-0.4, -0.2) is 10.5 Å². The lowest BCUT2D eigenvalue weighted by atomic mass is 10.0. The molecule has 18 heavy (non-hydrogen) atoms. The third kappa shape index (κ3) is 3.40. The van der Waals surface area contributed by atoms with E-state index in [2.05, 4.69) is 40.0 Å². The lowest BCUT2D eigenvalue weighted by Crippen LogP contribution is -2.34. The van der Waals surface area contributed by atoms with E-state index in [0.29, 0.717) is 0 Å². The number of halogens is 1. The van der Waals surface area contributed by atoms with Gasteiger partial charge in [-0.2, -0.15) is 0 Å². The van der Waals surface area contributed by atoms with Gasteiger partial charge in [0.1, 0.15) is 5.01 Å². The molecule has 2 N–H and O–H groups in total. The molecule has 1 aromatic heterocycles. The molecule has 0 bridgehead atoms. The number of thiazole rings is 1. The molecule has 0 saturated carbocycles. The zero-order valence-corrected chi connectivity index (χ0v) is 13.2. The van der Waals surface area contributed by atoms with Crippen molar-refractivity contribution >= 4 is 27.3 Å². The van der Waals surface area contributed by atoms with Gasteiger partial charge in [0.15, 0.2) is 0 Å². The first-order valence-electron chi connectivity index (χ1n) is 5.86. The van der Waals surface area contributed by atoms with Crippen LogP contribution in [0.4, 0.5) is 0 Å². The molecule has 2 nitrogen and oxygen atoms in total. The second-order valence-electron chi connectivity index (χ2n) is 5.20. The number of rotatable bonds is 3. The Labute approximate surface area is 120 Å². The molecule has 0 saturated heterocycles. The van der Waals surface area contributed by atoms with Crippen LogP contribution >= 0.6 is 27.3 Å². The zero-order valence-electron chi connectivity index (χ0n) is 10.8. The average molecular weight is 325 g/mol. The summed E-state index contributed by atoms with van der Waals surface area (Å²) in [5.41, 5.74) is 8.13. The summed E-state index contributed by atoms with van der Waals surface area (Å²) in [5, 5.41) is 1.06. The third-order valence-corrected chi connectivity index (χ3v) is 4.28. The van der Waals surface area contributed by atoms with E-state index in [4.69, 9.17) is 5.73 Å². The normalized spacial score (nSPS) is 11.8. The van der Waals surface area contributed by atoms with Crippen LogP contribution < -0.4 is 5.73 Å². The fourth-order valence-corrected chi connectivity index (χ4v) is 3.45. The summed E-state index contributed by atoms with van der Waals surface area (Å²) < 4.78 is 1.08. The topological polar surface area (TPSA) is 38.9 Å². The van der Waals surface area contributed by atoms with E-state index in [1.54, 1.807) is 11.3 Å². The monoisotopic (exact) mass is 324 g/mol. The predicted octanol–water partition coefficient (Wildman–Crippen LogP) is 4.16. The molecule has 0 aliphatic heterocycles. The van der Waals surface area contributed by atoms with Crippen LogP contribution in [0.25, 0.3) is 10.6 Å². The molecular formula is C14H17BrN2S. The molecule has 96 valence electrons. The number of nitrogens with zero attached hydrogens (tertiary/aromatic N) is 1. The summed E-state index contributed by atoms with van der Waals surface area (Å²) >= 11 is 5.23. The van der Waals surface area contributed by atoms with Crippen LogP contribution in [0.15, 0.2) is 28.7 Å². The van der Waals surface area contributed by atoms with Crippen LogP contribution in [0.5, 0.6) is 0 Å². The third-order valence-electron chi connectivity index (χ3n) is 2.58. The average Bonchev–Trinajstić information content (AvgIpc) is 2.58. The van der Waals surface area contributed by atoms with E-state index in [0.717, 1.165) is 27.2 Å². The Morgan fingerprint density at radius 2 is 2.11 bits per heavy atom. The molecule has 0 unspecified atom stereocenters. The fourth-order valence-electron chi connectivity index (χ4n) is 1.75. The van der Waals surface area contributed by atoms with Gasteiger partial charge in [0, 0.05) is 26.9 Å². The van der Waals surface area contributed by atoms with Crippen LogP contribution in [-0.2, 0) is 6.42 Å². The Morgan fingerprint density at radius 1 is 1.39 bits per heavy atom. The van der Waals surface area contributed by atoms with E-state index in [9.17, 15) is 0 Å². The smallest absolute Gasteiger partial charge is 0.123 e. The van der Waals surface area contributed by atoms with E-state index in [1.165, 1.54) is 4.88 Å². The quantitative estimate of drug-likeness (QED) is 0.920. The van der Waals surface area contributed by atoms with Crippen LogP contribution in [0.2, 0.25) is 0 Å². The summed E-state index contributed by atoms with van der Waals surface area (Å²) in [6.45, 7) is 6.15. The molecule has 2 rings (SSSR count). The van der Waals surface area contributed by atoms with Crippen molar-refractivity contribution < 1.29 is 0 Å². The second-order valence-corrected chi connectivity index (χ2v) is 7.20. The second kappa shape index (κ2) is 5.11. The van der Waals surface area contributed by atoms with Crippen molar-refractivity contribution in [2.45, 2.75) is 32.7 Å². The number of benzene rings is 1. The van der Waals surface area contributed by atoms with Gasteiger partial charge in [-0.15, -0.1) is 11.3 Å². The van der Waals surface area contributed by atoms with Crippen molar-refractivity contribution in [3.63, 3.8) is 0 Å². The van der Waals surface area contributed by atoms with E-state index in [1.807, 2.05) is 26.0 Å². The van der Waals surface area contributed by atoms with Gasteiger partial charge in [-0.05, 0) is 32.9 Å². The van der Waals surface area contributed by atoms with Gasteiger partial charge in [-0.3, -0.25) is 0 Å². The lowest BCUT2D eigenvalue weighted by Gasteiger charge is -2.16. The highest BCUT2D eigenvalue weighted by molar-refractivity contribution is 9.10. The Kier molecular flexibility index (Phi) is 3.90. The van der Waals surface area contributed by atoms with E-state index < -0.39 is 0 Å². The minimum Gasteiger partial charge on any atom is -0.325 e. The van der Waals surface area contributed by atoms with Gasteiger partial charge in [0.2, 0.25) is 0 Å². The Hall–Kier alpha value is -0.710. The number of aromatic nitrogens is 1. The summed E-state index contributed by atoms with van der Waals surface area (Å²) in [7, 11) is 0. The molecule has 1 aromatic carbocycles. The highest BCUT2D eigenvalue weighted by atomic mass is 79.9. The van der Waals surface area contributed by atoms with E-state index >= 15 is 0 Å². The molecule has 0 radical (unpaired) electrons. The summed E-state index contributed by atoms with van der Waals surface area (Å²) in [5.74, 6) is 0. The van der Waals surface area contributed by atoms with Gasteiger partial charge in [0.25, 0.3) is 0 Å². The summed E-state index contributed by atoms with van der Waals surface area (Å²) in [6, 6.07) is 8.23. The van der Waals surface area contributed by atoms with Crippen molar-refractivity contribution in [3.8, 4) is 10.6 Å². The highest BCUT2D eigenvalue weighted by Crippen LogP contribution is 2.31. The first kappa shape index (κ1) is 13.7. The van der Waals surface area contributed by atoms with Crippen molar-refractivity contribution in [3.05, 3.63) is 39.3 Å². The van der Waals surface area contributed by atoms with Gasteiger partial charge in [0.05, 0.1) is 5.69 Å². The van der Waals surface area contributed by atoms with Gasteiger partial charge < -0.3 is 5.73 Å². The van der Waals surface area contributed by atoms with Crippen LogP contribution in [0.1, 0.15) is 24.4 Å². The van der Waals surface area contributed by atoms with Crippen molar-refractivity contribution in [1.29, 1.82) is 0 Å². The molecule has 0 spiro atoms. The molecule has 0 fully saturated rings. The SMILES string of the molecule is Cc1nc(-c2cccc(Br)c2)sc1CC(C)(C)N. The molecule has 1 heterocycles. The molecule has 0 aliphatic carbocycles. The Balaban J connectivity index is 2.34. The number of hydrogen-bond donors (Lipinski definition) is 1. The van der Waals surface area contributed by atoms with Crippen molar-refractivity contribution in [1.82, 2.24) is 4.98 Å². The maximum Gasteiger partial charge on any atom is 0.123 e. The molecular weight excluding hydrogens is 308 g/mol. The van der Waals surface area contributed by atoms with Crippen molar-refractivity contribution in [2.75, 3.05) is 0 Å². The van der Waals surface area contributed by atoms with Gasteiger partial charge >= 0.3 is 0 Å². The largest absolute Gasteiger partial charge is 0.325 e. The predicted molar refractivity (Wildman–Crippen MR) is 82.0 cm³/mol. The standard InChI is InChI=1S/C14H17BrN2S/c1-9-12(8-14(2,3)16)18-13(17-9)10-5-4-6-11(15)7-10/h4-7H,8,16H2,1-3H3. The Morgan fingerprint density at radius 3 is 2.72 bits per heavy atom. The first-order chi connectivity index (χ1) is 8.35. The number of hydrogen-bond acceptors (Lipinski definition) is 3. The maximum atomic E-state index is 6.08. The summed E-state index contributed by atoms with van der Waals surface area (Å²) in [4.78, 5) is 5.92. The molecule has 2 aromatic rings. The molecule has 4 heteroatoms. The number of nitrogens with two attached hydrogens (primary N) is 1. The lowest BCUT2D eigenvalue weighted by molar-refractivity contribution is 0.519. The van der Waals surface area contributed by atoms with Crippen LogP contribution in [0, 0.1) is 6.92 Å². The minimum absolute atomic E-state index is 0.189. The summed E-state index contributed by atoms with van der Waals surface area (Å²) in [6.07, 6.45) is 0.866. The van der Waals surface area contributed by atoms with Crippen LogP contribution in [0.3, 0.4) is 0 Å². The highest BCUT2D eigenvalue weighted by Gasteiger charge is 2.17. The van der Waals surface area contributed by atoms with E-state index in [-0.39, 0.29) is 5.54 Å². The molecule has 0 aliphatic rings. The maximum absolute atomic E-state index is 6.08. The number of aryl methyl sites for hydroxylation is 1. The van der Waals surface area contributed by atoms with Gasteiger partial charge in [-0.1, -0.05) is 28.1 Å². The van der Waals surface area contributed by atoms with Crippen molar-refractivity contribution in [2.24, 2.45) is 5.73 Å². The molecule has 0 atom stereocenters. The minimum atomic E-state index is -0.189. The fraction of sp³-hybridized carbons (Fsp3) is 0.357. The van der Waals surface area contributed by atoms with Gasteiger partial charge in [-0.25, -0.2) is 4.98 Å². The Bertz CT molecular complexity index is 555.